The summed E-state index contributed by atoms with van der Waals surface area (Å²) in [6.07, 6.45) is 0.0391. The van der Waals surface area contributed by atoms with Crippen LogP contribution in [0.1, 0.15) is 96.9 Å². The third-order valence-corrected chi connectivity index (χ3v) is 13.7. The van der Waals surface area contributed by atoms with Gasteiger partial charge >= 0.3 is 12.1 Å². The normalized spacial score (nSPS) is 18.0. The van der Waals surface area contributed by atoms with Crippen molar-refractivity contribution < 1.29 is 48.1 Å². The molecule has 2 saturated heterocycles. The molecule has 17 heteroatoms. The number of alkyl carbamates (subject to hydrolysis) is 1. The monoisotopic (exact) mass is 883 g/mol. The summed E-state index contributed by atoms with van der Waals surface area (Å²) in [4.78, 5) is 94.8. The van der Waals surface area contributed by atoms with E-state index < -0.39 is 82.4 Å². The minimum absolute atomic E-state index is 0.0401. The molecule has 61 heavy (non-hydrogen) atoms. The summed E-state index contributed by atoms with van der Waals surface area (Å²) in [5.74, 6) is -3.81. The third-order valence-electron chi connectivity index (χ3n) is 10.3. The maximum absolute atomic E-state index is 14.8. The quantitative estimate of drug-likeness (QED) is 0.122. The van der Waals surface area contributed by atoms with Crippen molar-refractivity contribution in [3.8, 4) is 0 Å². The van der Waals surface area contributed by atoms with E-state index in [1.54, 1.807) is 55.6 Å². The van der Waals surface area contributed by atoms with Gasteiger partial charge in [-0.25, -0.2) is 9.59 Å². The lowest BCUT2D eigenvalue weighted by atomic mass is 9.87. The Kier molecular flexibility index (Phi) is 18.1. The van der Waals surface area contributed by atoms with Crippen molar-refractivity contribution in [2.45, 2.75) is 121 Å². The van der Waals surface area contributed by atoms with Crippen LogP contribution in [0.25, 0.3) is 0 Å². The molecule has 2 aliphatic rings. The van der Waals surface area contributed by atoms with Crippen molar-refractivity contribution in [1.82, 2.24) is 26.2 Å². The zero-order chi connectivity index (χ0) is 44.9. The van der Waals surface area contributed by atoms with Gasteiger partial charge in [0, 0.05) is 13.0 Å². The molecule has 1 spiro atoms. The highest BCUT2D eigenvalue weighted by molar-refractivity contribution is 8.18. The van der Waals surface area contributed by atoms with Crippen LogP contribution in [0.4, 0.5) is 4.79 Å². The van der Waals surface area contributed by atoms with E-state index in [-0.39, 0.29) is 43.9 Å². The summed E-state index contributed by atoms with van der Waals surface area (Å²) in [7, 11) is 0. The van der Waals surface area contributed by atoms with E-state index in [1.807, 2.05) is 38.1 Å². The van der Waals surface area contributed by atoms with Crippen LogP contribution in [0, 0.1) is 5.92 Å². The minimum atomic E-state index is -1.38. The molecular weight excluding hydrogens is 823 g/mol. The number of carbonyl (C=O) groups is 7. The maximum Gasteiger partial charge on any atom is 0.407 e. The second-order valence-corrected chi connectivity index (χ2v) is 20.1. The topological polar surface area (TPSA) is 210 Å². The summed E-state index contributed by atoms with van der Waals surface area (Å²) in [5, 5.41) is 19.7. The zero-order valence-corrected chi connectivity index (χ0v) is 37.7. The lowest BCUT2D eigenvalue weighted by molar-refractivity contribution is -0.145. The number of nitrogens with zero attached hydrogens (tertiary/aromatic N) is 1. The number of amides is 5. The highest BCUT2D eigenvalue weighted by Gasteiger charge is 2.52. The Morgan fingerprint density at radius 2 is 1.57 bits per heavy atom. The third kappa shape index (κ3) is 14.2. The van der Waals surface area contributed by atoms with Crippen LogP contribution >= 0.6 is 23.5 Å². The largest absolute Gasteiger partial charge is 0.479 e. The number of thioether (sulfide) groups is 2. The molecule has 5 N–H and O–H groups in total. The molecule has 0 bridgehead atoms. The average Bonchev–Trinajstić information content (AvgIpc) is 3.60. The molecule has 2 aromatic rings. The number of carboxylic acid groups (broad SMARTS) is 1. The molecule has 5 atom stereocenters. The number of rotatable bonds is 19. The Morgan fingerprint density at radius 3 is 2.16 bits per heavy atom. The number of Topliss-reactive ketones (excluding diaryl/α,β-unsaturated/α-hetero) is 1. The van der Waals surface area contributed by atoms with Gasteiger partial charge in [-0.1, -0.05) is 103 Å². The standard InChI is InChI=1S/C44H61N5O10S2/c1-8-13-32(37(51)39(53)45-23-34(50)47-36(41(55)56)30-14-10-9-11-15-30)46-38(52)33-22-44(60-20-12-21-61-44)26-49(33)40(54)35(48-42(57)59-24-27(2)3)28(4)58-25-29-16-18-31(19-17-29)43(5,6)7/h9-11,14-19,27-28,32-33,35-36H,8,12-13,20-26H2,1-7H3,(H,45,53)(H,46,52)(H,47,50)(H,48,57)(H,55,56). The lowest BCUT2D eigenvalue weighted by Gasteiger charge is -2.33. The molecular formula is C44H61N5O10S2. The molecule has 2 fully saturated rings. The molecule has 0 aliphatic carbocycles. The van der Waals surface area contributed by atoms with E-state index in [2.05, 4.69) is 42.0 Å². The van der Waals surface area contributed by atoms with Crippen LogP contribution < -0.4 is 21.3 Å². The van der Waals surface area contributed by atoms with Gasteiger partial charge in [0.15, 0.2) is 6.04 Å². The maximum atomic E-state index is 14.8. The van der Waals surface area contributed by atoms with Gasteiger partial charge in [0.25, 0.3) is 5.91 Å². The first-order chi connectivity index (χ1) is 28.8. The number of benzene rings is 2. The van der Waals surface area contributed by atoms with E-state index in [9.17, 15) is 38.7 Å². The van der Waals surface area contributed by atoms with Gasteiger partial charge in [-0.05, 0) is 59.3 Å². The number of nitrogens with one attached hydrogen (secondary N) is 4. The van der Waals surface area contributed by atoms with Crippen molar-refractivity contribution in [2.75, 3.05) is 31.2 Å². The first-order valence-corrected chi connectivity index (χ1v) is 22.7. The van der Waals surface area contributed by atoms with Crippen LogP contribution in [-0.4, -0.2) is 111 Å². The fourth-order valence-corrected chi connectivity index (χ4v) is 10.3. The molecule has 2 aliphatic heterocycles. The van der Waals surface area contributed by atoms with Crippen molar-refractivity contribution in [3.05, 3.63) is 71.3 Å². The Balaban J connectivity index is 1.51. The van der Waals surface area contributed by atoms with Gasteiger partial charge in [-0.3, -0.25) is 24.0 Å². The smallest absolute Gasteiger partial charge is 0.407 e. The van der Waals surface area contributed by atoms with E-state index in [4.69, 9.17) is 9.47 Å². The Labute approximate surface area is 367 Å². The molecule has 334 valence electrons. The number of carbonyl (C=O) groups excluding carboxylic acids is 6. The highest BCUT2D eigenvalue weighted by atomic mass is 32.2. The summed E-state index contributed by atoms with van der Waals surface area (Å²) < 4.78 is 11.1. The van der Waals surface area contributed by atoms with Crippen molar-refractivity contribution in [1.29, 1.82) is 0 Å². The predicted octanol–water partition coefficient (Wildman–Crippen LogP) is 4.72. The second-order valence-electron chi connectivity index (χ2n) is 16.9. The van der Waals surface area contributed by atoms with E-state index in [0.717, 1.165) is 29.1 Å². The van der Waals surface area contributed by atoms with Gasteiger partial charge in [-0.15, -0.1) is 23.5 Å². The number of hydrogen-bond donors (Lipinski definition) is 5. The summed E-state index contributed by atoms with van der Waals surface area (Å²) in [6.45, 7) is 13.4. The SMILES string of the molecule is CCCC(NC(=O)C1CC2(CN1C(=O)C(NC(=O)OCC(C)C)C(C)OCc1ccc(C(C)(C)C)cc1)SCCCS2)C(=O)C(=O)NCC(=O)NC(C(=O)O)c1ccccc1. The van der Waals surface area contributed by atoms with Gasteiger partial charge in [0.1, 0.15) is 12.1 Å². The van der Waals surface area contributed by atoms with Gasteiger partial charge in [-0.2, -0.15) is 0 Å². The number of ketones is 1. The molecule has 5 amide bonds. The van der Waals surface area contributed by atoms with E-state index in [1.165, 1.54) is 17.0 Å². The van der Waals surface area contributed by atoms with Crippen LogP contribution in [0.15, 0.2) is 54.6 Å². The molecule has 0 aromatic heterocycles. The number of likely N-dealkylation sites (tertiary alicyclic amines) is 1. The van der Waals surface area contributed by atoms with Crippen molar-refractivity contribution in [2.24, 2.45) is 5.92 Å². The first kappa shape index (κ1) is 49.0. The first-order valence-electron chi connectivity index (χ1n) is 20.8. The van der Waals surface area contributed by atoms with E-state index in [0.29, 0.717) is 12.0 Å². The van der Waals surface area contributed by atoms with E-state index >= 15 is 0 Å². The van der Waals surface area contributed by atoms with Gasteiger partial charge < -0.3 is 40.7 Å². The van der Waals surface area contributed by atoms with Crippen LogP contribution in [0.5, 0.6) is 0 Å². The van der Waals surface area contributed by atoms with Crippen molar-refractivity contribution >= 4 is 65.0 Å². The Bertz CT molecular complexity index is 1850. The second kappa shape index (κ2) is 22.5. The molecule has 4 rings (SSSR count). The predicted molar refractivity (Wildman–Crippen MR) is 235 cm³/mol. The molecule has 15 nitrogen and oxygen atoms in total. The molecule has 2 aromatic carbocycles. The number of carboxylic acids is 1. The van der Waals surface area contributed by atoms with Crippen molar-refractivity contribution in [3.63, 3.8) is 0 Å². The summed E-state index contributed by atoms with van der Waals surface area (Å²) >= 11 is 3.33. The number of hydrogen-bond acceptors (Lipinski definition) is 11. The molecule has 2 heterocycles. The molecule has 0 radical (unpaired) electrons. The Hall–Kier alpha value is -4.61. The lowest BCUT2D eigenvalue weighted by Crippen LogP contribution is -2.59. The van der Waals surface area contributed by atoms with Crippen LogP contribution in [0.2, 0.25) is 0 Å². The molecule has 0 saturated carbocycles. The van der Waals surface area contributed by atoms with Gasteiger partial charge in [0.05, 0.1) is 36.0 Å². The average molecular weight is 884 g/mol. The summed E-state index contributed by atoms with van der Waals surface area (Å²) in [5.41, 5.74) is 2.30. The minimum Gasteiger partial charge on any atom is -0.479 e. The molecule has 5 unspecified atom stereocenters. The number of ether oxygens (including phenoxy) is 2. The fourth-order valence-electron chi connectivity index (χ4n) is 6.90. The highest BCUT2D eigenvalue weighted by Crippen LogP contribution is 2.50. The van der Waals surface area contributed by atoms with Gasteiger partial charge in [0.2, 0.25) is 23.5 Å². The fraction of sp³-hybridized carbons (Fsp3) is 0.568. The summed E-state index contributed by atoms with van der Waals surface area (Å²) in [6, 6.07) is 11.0. The number of aliphatic carboxylic acids is 1. The zero-order valence-electron chi connectivity index (χ0n) is 36.1. The Morgan fingerprint density at radius 1 is 0.918 bits per heavy atom. The van der Waals surface area contributed by atoms with Crippen LogP contribution in [-0.2, 0) is 50.3 Å². The van der Waals surface area contributed by atoms with Crippen LogP contribution in [0.3, 0.4) is 0 Å².